The van der Waals surface area contributed by atoms with Crippen LogP contribution in [-0.2, 0) is 0 Å². The van der Waals surface area contributed by atoms with Crippen molar-refractivity contribution in [2.75, 3.05) is 18.5 Å². The highest BCUT2D eigenvalue weighted by atomic mass is 79.9. The summed E-state index contributed by atoms with van der Waals surface area (Å²) in [7, 11) is 0. The maximum atomic E-state index is 11.4. The highest BCUT2D eigenvalue weighted by Gasteiger charge is 2.15. The van der Waals surface area contributed by atoms with Gasteiger partial charge in [-0.05, 0) is 28.9 Å². The average molecular weight is 318 g/mol. The Kier molecular flexibility index (Phi) is 5.05. The number of aryl methyl sites for hydroxylation is 1. The van der Waals surface area contributed by atoms with E-state index in [4.69, 9.17) is 5.11 Å². The smallest absolute Gasteiger partial charge is 0.319 e. The predicted molar refractivity (Wildman–Crippen MR) is 69.6 cm³/mol. The molecule has 98 valence electrons. The molecule has 1 rings (SSSR count). The van der Waals surface area contributed by atoms with Crippen molar-refractivity contribution in [1.29, 1.82) is 0 Å². The SMILES string of the molecule is Cc1cc(Br)c(NC(=O)NCCO)cc1[N+](=O)[O-]. The van der Waals surface area contributed by atoms with Crippen molar-refractivity contribution >= 4 is 33.3 Å². The lowest BCUT2D eigenvalue weighted by molar-refractivity contribution is -0.385. The Bertz CT molecular complexity index is 478. The number of halogens is 1. The van der Waals surface area contributed by atoms with Gasteiger partial charge in [0.05, 0.1) is 17.2 Å². The minimum absolute atomic E-state index is 0.0735. The molecule has 0 aliphatic heterocycles. The number of aliphatic hydroxyl groups is 1. The van der Waals surface area contributed by atoms with Crippen LogP contribution in [0.1, 0.15) is 5.56 Å². The predicted octanol–water partition coefficient (Wildman–Crippen LogP) is 1.78. The van der Waals surface area contributed by atoms with Gasteiger partial charge in [-0.1, -0.05) is 0 Å². The molecular weight excluding hydrogens is 306 g/mol. The highest BCUT2D eigenvalue weighted by molar-refractivity contribution is 9.10. The van der Waals surface area contributed by atoms with Crippen LogP contribution in [0, 0.1) is 17.0 Å². The molecular formula is C10H12BrN3O4. The number of urea groups is 1. The van der Waals surface area contributed by atoms with E-state index >= 15 is 0 Å². The Morgan fingerprint density at radius 3 is 2.78 bits per heavy atom. The van der Waals surface area contributed by atoms with Crippen molar-refractivity contribution in [2.45, 2.75) is 6.92 Å². The third-order valence-electron chi connectivity index (χ3n) is 2.13. The number of hydrogen-bond acceptors (Lipinski definition) is 4. The van der Waals surface area contributed by atoms with Crippen molar-refractivity contribution in [2.24, 2.45) is 0 Å². The second-order valence-corrected chi connectivity index (χ2v) is 4.33. The average Bonchev–Trinajstić information content (AvgIpc) is 2.29. The molecule has 0 unspecified atom stereocenters. The zero-order chi connectivity index (χ0) is 13.7. The summed E-state index contributed by atoms with van der Waals surface area (Å²) in [5.74, 6) is 0. The van der Waals surface area contributed by atoms with Gasteiger partial charge in [-0.15, -0.1) is 0 Å². The summed E-state index contributed by atoms with van der Waals surface area (Å²) in [5.41, 5.74) is 0.714. The van der Waals surface area contributed by atoms with E-state index in [1.165, 1.54) is 6.07 Å². The molecule has 7 nitrogen and oxygen atoms in total. The number of aliphatic hydroxyl groups excluding tert-OH is 1. The summed E-state index contributed by atoms with van der Waals surface area (Å²) in [4.78, 5) is 21.6. The number of hydrogen-bond donors (Lipinski definition) is 3. The molecule has 0 heterocycles. The fourth-order valence-corrected chi connectivity index (χ4v) is 1.85. The minimum atomic E-state index is -0.539. The minimum Gasteiger partial charge on any atom is -0.395 e. The second kappa shape index (κ2) is 6.31. The van der Waals surface area contributed by atoms with Crippen molar-refractivity contribution in [3.05, 3.63) is 32.3 Å². The maximum Gasteiger partial charge on any atom is 0.319 e. The molecule has 0 spiro atoms. The quantitative estimate of drug-likeness (QED) is 0.581. The van der Waals surface area contributed by atoms with Crippen LogP contribution in [-0.4, -0.2) is 29.2 Å². The van der Waals surface area contributed by atoms with Gasteiger partial charge in [-0.2, -0.15) is 0 Å². The molecule has 0 fully saturated rings. The molecule has 8 heteroatoms. The summed E-state index contributed by atoms with van der Waals surface area (Å²) >= 11 is 3.21. The summed E-state index contributed by atoms with van der Waals surface area (Å²) in [5, 5.41) is 24.2. The number of nitrogens with one attached hydrogen (secondary N) is 2. The van der Waals surface area contributed by atoms with Gasteiger partial charge >= 0.3 is 6.03 Å². The first-order chi connectivity index (χ1) is 8.45. The summed E-state index contributed by atoms with van der Waals surface area (Å²) < 4.78 is 0.546. The standard InChI is InChI=1S/C10H12BrN3O4/c1-6-4-7(11)8(5-9(6)14(17)18)13-10(16)12-2-3-15/h4-5,15H,2-3H2,1H3,(H2,12,13,16). The van der Waals surface area contributed by atoms with E-state index in [1.807, 2.05) is 0 Å². The molecule has 18 heavy (non-hydrogen) atoms. The number of carbonyl (C=O) groups excluding carboxylic acids is 1. The number of nitro groups is 1. The van der Waals surface area contributed by atoms with Gasteiger partial charge in [-0.25, -0.2) is 4.79 Å². The first-order valence-electron chi connectivity index (χ1n) is 5.06. The van der Waals surface area contributed by atoms with Crippen molar-refractivity contribution in [1.82, 2.24) is 5.32 Å². The molecule has 0 bridgehead atoms. The van der Waals surface area contributed by atoms with Crippen LogP contribution >= 0.6 is 15.9 Å². The van der Waals surface area contributed by atoms with Crippen LogP contribution in [0.5, 0.6) is 0 Å². The van der Waals surface area contributed by atoms with E-state index in [2.05, 4.69) is 26.6 Å². The zero-order valence-corrected chi connectivity index (χ0v) is 11.2. The van der Waals surface area contributed by atoms with Gasteiger partial charge in [0.25, 0.3) is 5.69 Å². The number of carbonyl (C=O) groups is 1. The lowest BCUT2D eigenvalue weighted by Gasteiger charge is -2.09. The van der Waals surface area contributed by atoms with Gasteiger partial charge in [0.2, 0.25) is 0 Å². The Morgan fingerprint density at radius 1 is 1.56 bits per heavy atom. The third kappa shape index (κ3) is 3.67. The summed E-state index contributed by atoms with van der Waals surface area (Å²) in [6, 6.07) is 2.29. The normalized spacial score (nSPS) is 9.94. The Balaban J connectivity index is 2.92. The molecule has 0 aliphatic carbocycles. The molecule has 1 aromatic rings. The van der Waals surface area contributed by atoms with Crippen LogP contribution in [0.25, 0.3) is 0 Å². The molecule has 0 atom stereocenters. The maximum absolute atomic E-state index is 11.4. The molecule has 0 saturated carbocycles. The largest absolute Gasteiger partial charge is 0.395 e. The Labute approximate surface area is 111 Å². The molecule has 0 aromatic heterocycles. The molecule has 0 radical (unpaired) electrons. The van der Waals surface area contributed by atoms with Crippen molar-refractivity contribution < 1.29 is 14.8 Å². The number of benzene rings is 1. The monoisotopic (exact) mass is 317 g/mol. The van der Waals surface area contributed by atoms with Gasteiger partial charge in [-0.3, -0.25) is 10.1 Å². The van der Waals surface area contributed by atoms with Crippen LogP contribution < -0.4 is 10.6 Å². The number of anilines is 1. The van der Waals surface area contributed by atoms with E-state index < -0.39 is 11.0 Å². The number of nitro benzene ring substituents is 1. The molecule has 3 N–H and O–H groups in total. The fraction of sp³-hybridized carbons (Fsp3) is 0.300. The first-order valence-corrected chi connectivity index (χ1v) is 5.85. The zero-order valence-electron chi connectivity index (χ0n) is 9.57. The lowest BCUT2D eigenvalue weighted by atomic mass is 10.2. The third-order valence-corrected chi connectivity index (χ3v) is 2.78. The first kappa shape index (κ1) is 14.4. The highest BCUT2D eigenvalue weighted by Crippen LogP contribution is 2.30. The lowest BCUT2D eigenvalue weighted by Crippen LogP contribution is -2.31. The van der Waals surface area contributed by atoms with Crippen LogP contribution in [0.3, 0.4) is 0 Å². The second-order valence-electron chi connectivity index (χ2n) is 3.48. The number of rotatable bonds is 4. The molecule has 2 amide bonds. The van der Waals surface area contributed by atoms with Gasteiger partial charge < -0.3 is 15.7 Å². The van der Waals surface area contributed by atoms with Gasteiger partial charge in [0, 0.05) is 22.6 Å². The van der Waals surface area contributed by atoms with E-state index in [1.54, 1.807) is 13.0 Å². The van der Waals surface area contributed by atoms with E-state index in [9.17, 15) is 14.9 Å². The Hall–Kier alpha value is -1.67. The topological polar surface area (TPSA) is 104 Å². The number of amides is 2. The molecule has 0 saturated heterocycles. The summed E-state index contributed by atoms with van der Waals surface area (Å²) in [6.45, 7) is 1.54. The van der Waals surface area contributed by atoms with E-state index in [0.29, 0.717) is 15.7 Å². The van der Waals surface area contributed by atoms with Crippen LogP contribution in [0.15, 0.2) is 16.6 Å². The molecule has 0 aliphatic rings. The van der Waals surface area contributed by atoms with Crippen molar-refractivity contribution in [3.63, 3.8) is 0 Å². The van der Waals surface area contributed by atoms with Crippen LogP contribution in [0.2, 0.25) is 0 Å². The van der Waals surface area contributed by atoms with E-state index in [-0.39, 0.29) is 18.8 Å². The van der Waals surface area contributed by atoms with E-state index in [0.717, 1.165) is 0 Å². The van der Waals surface area contributed by atoms with Gasteiger partial charge in [0.1, 0.15) is 0 Å². The van der Waals surface area contributed by atoms with Gasteiger partial charge in [0.15, 0.2) is 0 Å². The molecule has 1 aromatic carbocycles. The van der Waals surface area contributed by atoms with Crippen molar-refractivity contribution in [3.8, 4) is 0 Å². The van der Waals surface area contributed by atoms with Crippen LogP contribution in [0.4, 0.5) is 16.2 Å². The fourth-order valence-electron chi connectivity index (χ4n) is 1.29. The summed E-state index contributed by atoms with van der Waals surface area (Å²) in [6.07, 6.45) is 0. The Morgan fingerprint density at radius 2 is 2.22 bits per heavy atom. The number of nitrogens with zero attached hydrogens (tertiary/aromatic N) is 1.